The number of carbonyl (C=O) groups excluding carboxylic acids is 1. The lowest BCUT2D eigenvalue weighted by atomic mass is 9.79. The summed E-state index contributed by atoms with van der Waals surface area (Å²) in [6, 6.07) is 6.38. The second-order valence-electron chi connectivity index (χ2n) is 6.08. The third kappa shape index (κ3) is 3.49. The maximum absolute atomic E-state index is 12.8. The zero-order valence-electron chi connectivity index (χ0n) is 13.0. The van der Waals surface area contributed by atoms with E-state index in [1.165, 1.54) is 17.5 Å². The molecule has 0 atom stereocenters. The van der Waals surface area contributed by atoms with E-state index in [2.05, 4.69) is 32.0 Å². The van der Waals surface area contributed by atoms with Crippen LogP contribution < -0.4 is 0 Å². The average molecular weight is 274 g/mol. The van der Waals surface area contributed by atoms with Crippen molar-refractivity contribution < 1.29 is 9.53 Å². The van der Waals surface area contributed by atoms with Crippen LogP contribution in [-0.2, 0) is 16.0 Å². The van der Waals surface area contributed by atoms with Crippen LogP contribution in [0.25, 0.3) is 0 Å². The normalized spacial score (nSPS) is 17.9. The predicted octanol–water partition coefficient (Wildman–Crippen LogP) is 4.15. The number of Topliss-reactive ketones (excluding diaryl/α,β-unsaturated/α-hetero) is 1. The lowest BCUT2D eigenvalue weighted by Gasteiger charge is -2.35. The second-order valence-corrected chi connectivity index (χ2v) is 6.08. The zero-order chi connectivity index (χ0) is 14.6. The molecule has 1 saturated carbocycles. The van der Waals surface area contributed by atoms with Crippen LogP contribution in [0.5, 0.6) is 0 Å². The fraction of sp³-hybridized carbons (Fsp3) is 0.611. The van der Waals surface area contributed by atoms with Gasteiger partial charge in [0.15, 0.2) is 5.78 Å². The summed E-state index contributed by atoms with van der Waals surface area (Å²) in [7, 11) is 0. The fourth-order valence-corrected chi connectivity index (χ4v) is 3.42. The first-order valence-electron chi connectivity index (χ1n) is 7.80. The van der Waals surface area contributed by atoms with E-state index in [-0.39, 0.29) is 5.78 Å². The first kappa shape index (κ1) is 15.2. The largest absolute Gasteiger partial charge is 0.367 e. The van der Waals surface area contributed by atoms with Crippen molar-refractivity contribution in [2.45, 2.75) is 64.9 Å². The molecule has 2 rings (SSSR count). The Hall–Kier alpha value is -1.15. The molecule has 0 aromatic heterocycles. The highest BCUT2D eigenvalue weighted by molar-refractivity contribution is 5.89. The molecule has 1 aromatic rings. The number of benzene rings is 1. The van der Waals surface area contributed by atoms with E-state index in [0.29, 0.717) is 13.0 Å². The van der Waals surface area contributed by atoms with Gasteiger partial charge in [-0.25, -0.2) is 0 Å². The molecule has 0 spiro atoms. The Morgan fingerprint density at radius 1 is 1.10 bits per heavy atom. The fourth-order valence-electron chi connectivity index (χ4n) is 3.42. The second kappa shape index (κ2) is 6.53. The Morgan fingerprint density at radius 2 is 1.70 bits per heavy atom. The molecule has 1 aliphatic carbocycles. The van der Waals surface area contributed by atoms with Crippen molar-refractivity contribution in [3.63, 3.8) is 0 Å². The van der Waals surface area contributed by atoms with Gasteiger partial charge < -0.3 is 4.74 Å². The summed E-state index contributed by atoms with van der Waals surface area (Å²) in [6.45, 7) is 6.78. The molecule has 0 amide bonds. The minimum absolute atomic E-state index is 0.268. The number of hydrogen-bond donors (Lipinski definition) is 0. The highest BCUT2D eigenvalue weighted by atomic mass is 16.5. The molecule has 1 fully saturated rings. The maximum atomic E-state index is 12.8. The van der Waals surface area contributed by atoms with Crippen LogP contribution in [0.15, 0.2) is 18.2 Å². The van der Waals surface area contributed by atoms with Gasteiger partial charge in [-0.1, -0.05) is 48.6 Å². The van der Waals surface area contributed by atoms with Crippen LogP contribution in [-0.4, -0.2) is 18.0 Å². The summed E-state index contributed by atoms with van der Waals surface area (Å²) in [5, 5.41) is 0. The Balaban J connectivity index is 2.15. The summed E-state index contributed by atoms with van der Waals surface area (Å²) < 4.78 is 5.92. The summed E-state index contributed by atoms with van der Waals surface area (Å²) in [5.41, 5.74) is 3.06. The molecule has 1 aromatic carbocycles. The lowest BCUT2D eigenvalue weighted by Crippen LogP contribution is -2.44. The van der Waals surface area contributed by atoms with E-state index in [4.69, 9.17) is 4.74 Å². The lowest BCUT2D eigenvalue weighted by molar-refractivity contribution is -0.148. The third-order valence-electron chi connectivity index (χ3n) is 4.24. The van der Waals surface area contributed by atoms with Crippen LogP contribution in [0.1, 0.15) is 55.7 Å². The van der Waals surface area contributed by atoms with Gasteiger partial charge in [0.1, 0.15) is 5.60 Å². The molecule has 2 heteroatoms. The Labute approximate surface area is 122 Å². The molecule has 0 aliphatic heterocycles. The third-order valence-corrected chi connectivity index (χ3v) is 4.24. The molecule has 1 aliphatic rings. The molecule has 0 saturated heterocycles. The molecule has 20 heavy (non-hydrogen) atoms. The number of aryl methyl sites for hydroxylation is 2. The molecule has 0 N–H and O–H groups in total. The first-order valence-corrected chi connectivity index (χ1v) is 7.80. The van der Waals surface area contributed by atoms with Gasteiger partial charge in [0.05, 0.1) is 0 Å². The molecular formula is C18H26O2. The van der Waals surface area contributed by atoms with Crippen molar-refractivity contribution in [3.8, 4) is 0 Å². The molecule has 0 radical (unpaired) electrons. The van der Waals surface area contributed by atoms with E-state index in [0.717, 1.165) is 31.2 Å². The number of rotatable bonds is 5. The van der Waals surface area contributed by atoms with Crippen LogP contribution >= 0.6 is 0 Å². The Morgan fingerprint density at radius 3 is 2.25 bits per heavy atom. The van der Waals surface area contributed by atoms with Gasteiger partial charge in [-0.05, 0) is 39.2 Å². The quantitative estimate of drug-likeness (QED) is 0.806. The summed E-state index contributed by atoms with van der Waals surface area (Å²) in [5.74, 6) is 0.268. The van der Waals surface area contributed by atoms with Gasteiger partial charge in [0.25, 0.3) is 0 Å². The molecule has 0 unspecified atom stereocenters. The highest BCUT2D eigenvalue weighted by Crippen LogP contribution is 2.33. The predicted molar refractivity (Wildman–Crippen MR) is 82.1 cm³/mol. The number of ether oxygens (including phenoxy) is 1. The van der Waals surface area contributed by atoms with Gasteiger partial charge in [0.2, 0.25) is 0 Å². The van der Waals surface area contributed by atoms with Gasteiger partial charge in [-0.3, -0.25) is 4.79 Å². The Bertz CT molecular complexity index is 445. The first-order chi connectivity index (χ1) is 9.55. The standard InChI is InChI=1S/C18H26O2/c1-4-20-18(8-6-5-7-9-18)17(19)13-16-11-14(2)10-15(3)12-16/h10-12H,4-9,13H2,1-3H3. The maximum Gasteiger partial charge on any atom is 0.168 e. The average Bonchev–Trinajstić information content (AvgIpc) is 2.38. The van der Waals surface area contributed by atoms with Gasteiger partial charge in [0, 0.05) is 13.0 Å². The van der Waals surface area contributed by atoms with Gasteiger partial charge in [-0.15, -0.1) is 0 Å². The molecule has 110 valence electrons. The minimum atomic E-state index is -0.509. The minimum Gasteiger partial charge on any atom is -0.367 e. The molecular weight excluding hydrogens is 248 g/mol. The number of carbonyl (C=O) groups is 1. The van der Waals surface area contributed by atoms with Crippen LogP contribution in [0, 0.1) is 13.8 Å². The van der Waals surface area contributed by atoms with Crippen molar-refractivity contribution in [2.75, 3.05) is 6.61 Å². The van der Waals surface area contributed by atoms with Crippen molar-refractivity contribution in [1.82, 2.24) is 0 Å². The summed E-state index contributed by atoms with van der Waals surface area (Å²) in [6.07, 6.45) is 5.74. The van der Waals surface area contributed by atoms with E-state index >= 15 is 0 Å². The highest BCUT2D eigenvalue weighted by Gasteiger charge is 2.39. The van der Waals surface area contributed by atoms with E-state index < -0.39 is 5.60 Å². The van der Waals surface area contributed by atoms with Crippen molar-refractivity contribution >= 4 is 5.78 Å². The zero-order valence-corrected chi connectivity index (χ0v) is 13.0. The van der Waals surface area contributed by atoms with E-state index in [9.17, 15) is 4.79 Å². The summed E-state index contributed by atoms with van der Waals surface area (Å²) in [4.78, 5) is 12.8. The topological polar surface area (TPSA) is 26.3 Å². The molecule has 0 heterocycles. The van der Waals surface area contributed by atoms with Crippen LogP contribution in [0.4, 0.5) is 0 Å². The number of ketones is 1. The van der Waals surface area contributed by atoms with Gasteiger partial charge in [-0.2, -0.15) is 0 Å². The van der Waals surface area contributed by atoms with Crippen LogP contribution in [0.3, 0.4) is 0 Å². The van der Waals surface area contributed by atoms with Crippen LogP contribution in [0.2, 0.25) is 0 Å². The molecule has 2 nitrogen and oxygen atoms in total. The van der Waals surface area contributed by atoms with Crippen molar-refractivity contribution in [1.29, 1.82) is 0 Å². The Kier molecular flexibility index (Phi) is 4.98. The van der Waals surface area contributed by atoms with E-state index in [1.54, 1.807) is 0 Å². The van der Waals surface area contributed by atoms with Crippen molar-refractivity contribution in [3.05, 3.63) is 34.9 Å². The van der Waals surface area contributed by atoms with E-state index in [1.807, 2.05) is 6.92 Å². The van der Waals surface area contributed by atoms with Gasteiger partial charge >= 0.3 is 0 Å². The number of hydrogen-bond acceptors (Lipinski definition) is 2. The molecule has 0 bridgehead atoms. The monoisotopic (exact) mass is 274 g/mol. The SMILES string of the molecule is CCOC1(C(=O)Cc2cc(C)cc(C)c2)CCCCC1. The van der Waals surface area contributed by atoms with Crippen molar-refractivity contribution in [2.24, 2.45) is 0 Å². The summed E-state index contributed by atoms with van der Waals surface area (Å²) >= 11 is 0. The smallest absolute Gasteiger partial charge is 0.168 e.